The van der Waals surface area contributed by atoms with E-state index in [2.05, 4.69) is 10.6 Å². The van der Waals surface area contributed by atoms with Gasteiger partial charge < -0.3 is 15.7 Å². The van der Waals surface area contributed by atoms with E-state index in [1.165, 1.54) is 5.56 Å². The van der Waals surface area contributed by atoms with Crippen molar-refractivity contribution in [3.8, 4) is 0 Å². The quantitative estimate of drug-likeness (QED) is 0.714. The summed E-state index contributed by atoms with van der Waals surface area (Å²) in [5, 5.41) is 15.2. The van der Waals surface area contributed by atoms with Crippen LogP contribution in [0.5, 0.6) is 0 Å². The van der Waals surface area contributed by atoms with Crippen molar-refractivity contribution in [3.05, 3.63) is 29.3 Å². The van der Waals surface area contributed by atoms with Gasteiger partial charge in [-0.3, -0.25) is 4.79 Å². The number of hydrogen-bond donors (Lipinski definition) is 3. The van der Waals surface area contributed by atoms with Crippen LogP contribution in [0.2, 0.25) is 0 Å². The number of amides is 1. The highest BCUT2D eigenvalue weighted by Gasteiger charge is 2.28. The molecule has 0 radical (unpaired) electrons. The maximum atomic E-state index is 11.9. The summed E-state index contributed by atoms with van der Waals surface area (Å²) in [6.07, 6.45) is 0.0707. The first-order valence-corrected chi connectivity index (χ1v) is 5.86. The molecule has 2 rings (SSSR count). The Kier molecular flexibility index (Phi) is 3.45. The van der Waals surface area contributed by atoms with Crippen molar-refractivity contribution in [1.82, 2.24) is 5.32 Å². The fourth-order valence-electron chi connectivity index (χ4n) is 2.09. The molecule has 1 heterocycles. The average molecular weight is 234 g/mol. The molecule has 92 valence electrons. The zero-order valence-electron chi connectivity index (χ0n) is 10.2. The van der Waals surface area contributed by atoms with Gasteiger partial charge in [-0.1, -0.05) is 17.7 Å². The molecule has 2 atom stereocenters. The van der Waals surface area contributed by atoms with Crippen LogP contribution in [-0.2, 0) is 4.79 Å². The van der Waals surface area contributed by atoms with E-state index in [1.54, 1.807) is 0 Å². The lowest BCUT2D eigenvalue weighted by atomic mass is 10.1. The molecule has 0 bridgehead atoms. The highest BCUT2D eigenvalue weighted by atomic mass is 16.3. The van der Waals surface area contributed by atoms with Crippen molar-refractivity contribution in [2.45, 2.75) is 32.4 Å². The first-order valence-electron chi connectivity index (χ1n) is 5.86. The summed E-state index contributed by atoms with van der Waals surface area (Å²) in [5.41, 5.74) is 3.07. The van der Waals surface area contributed by atoms with Crippen molar-refractivity contribution in [1.29, 1.82) is 0 Å². The number of hydrogen-bond acceptors (Lipinski definition) is 3. The topological polar surface area (TPSA) is 61.4 Å². The zero-order chi connectivity index (χ0) is 12.4. The minimum Gasteiger partial charge on any atom is -0.392 e. The Labute approximate surface area is 101 Å². The molecule has 1 aromatic carbocycles. The minimum absolute atomic E-state index is 0.0755. The van der Waals surface area contributed by atoms with E-state index >= 15 is 0 Å². The van der Waals surface area contributed by atoms with Gasteiger partial charge in [0.05, 0.1) is 12.1 Å². The Morgan fingerprint density at radius 2 is 2.24 bits per heavy atom. The minimum atomic E-state index is -0.412. The van der Waals surface area contributed by atoms with Crippen LogP contribution in [0.3, 0.4) is 0 Å². The molecule has 0 aliphatic carbocycles. The molecule has 1 aliphatic heterocycles. The molecule has 1 saturated heterocycles. The second-order valence-corrected chi connectivity index (χ2v) is 4.66. The van der Waals surface area contributed by atoms with Crippen LogP contribution in [0.15, 0.2) is 18.2 Å². The lowest BCUT2D eigenvalue weighted by molar-refractivity contribution is -0.117. The van der Waals surface area contributed by atoms with Crippen molar-refractivity contribution < 1.29 is 9.90 Å². The molecule has 1 amide bonds. The molecule has 0 spiro atoms. The normalized spacial score (nSPS) is 23.7. The number of benzene rings is 1. The molecular weight excluding hydrogens is 216 g/mol. The standard InChI is InChI=1S/C13H18N2O2/c1-8-3-4-11(9(2)5-8)15-13(17)12-6-10(16)7-14-12/h3-5,10,12,14,16H,6-7H2,1-2H3,(H,15,17). The number of aliphatic hydroxyl groups excluding tert-OH is 1. The molecule has 2 unspecified atom stereocenters. The largest absolute Gasteiger partial charge is 0.392 e. The van der Waals surface area contributed by atoms with Crippen molar-refractivity contribution in [2.24, 2.45) is 0 Å². The molecule has 4 nitrogen and oxygen atoms in total. The number of carbonyl (C=O) groups is 1. The summed E-state index contributed by atoms with van der Waals surface area (Å²) in [6, 6.07) is 5.63. The van der Waals surface area contributed by atoms with Gasteiger partial charge in [0.1, 0.15) is 0 Å². The van der Waals surface area contributed by atoms with E-state index in [1.807, 2.05) is 32.0 Å². The summed E-state index contributed by atoms with van der Waals surface area (Å²) in [7, 11) is 0. The second-order valence-electron chi connectivity index (χ2n) is 4.66. The molecule has 17 heavy (non-hydrogen) atoms. The van der Waals surface area contributed by atoms with Gasteiger partial charge in [-0.15, -0.1) is 0 Å². The average Bonchev–Trinajstić information content (AvgIpc) is 2.69. The predicted octanol–water partition coefficient (Wildman–Crippen LogP) is 0.965. The zero-order valence-corrected chi connectivity index (χ0v) is 10.2. The van der Waals surface area contributed by atoms with Crippen molar-refractivity contribution in [2.75, 3.05) is 11.9 Å². The van der Waals surface area contributed by atoms with Crippen molar-refractivity contribution >= 4 is 11.6 Å². The lowest BCUT2D eigenvalue weighted by Gasteiger charge is -2.13. The van der Waals surface area contributed by atoms with E-state index in [0.717, 1.165) is 11.3 Å². The summed E-state index contributed by atoms with van der Waals surface area (Å²) < 4.78 is 0. The molecule has 1 aromatic rings. The molecule has 3 N–H and O–H groups in total. The van der Waals surface area contributed by atoms with Crippen LogP contribution in [0.4, 0.5) is 5.69 Å². The van der Waals surface area contributed by atoms with Gasteiger partial charge in [-0.2, -0.15) is 0 Å². The Balaban J connectivity index is 2.03. The Hall–Kier alpha value is -1.39. The Morgan fingerprint density at radius 1 is 1.47 bits per heavy atom. The van der Waals surface area contributed by atoms with E-state index in [4.69, 9.17) is 0 Å². The number of rotatable bonds is 2. The van der Waals surface area contributed by atoms with Gasteiger partial charge >= 0.3 is 0 Å². The van der Waals surface area contributed by atoms with Gasteiger partial charge in [0.25, 0.3) is 0 Å². The first-order chi connectivity index (χ1) is 8.06. The van der Waals surface area contributed by atoms with Crippen LogP contribution in [0, 0.1) is 13.8 Å². The predicted molar refractivity (Wildman–Crippen MR) is 67.0 cm³/mol. The molecule has 1 fully saturated rings. The van der Waals surface area contributed by atoms with Crippen LogP contribution < -0.4 is 10.6 Å². The van der Waals surface area contributed by atoms with E-state index in [-0.39, 0.29) is 11.9 Å². The summed E-state index contributed by atoms with van der Waals surface area (Å²) in [4.78, 5) is 11.9. The number of nitrogens with one attached hydrogen (secondary N) is 2. The van der Waals surface area contributed by atoms with E-state index < -0.39 is 6.10 Å². The van der Waals surface area contributed by atoms with Crippen LogP contribution >= 0.6 is 0 Å². The maximum Gasteiger partial charge on any atom is 0.241 e. The summed E-state index contributed by atoms with van der Waals surface area (Å²) in [5.74, 6) is -0.0755. The van der Waals surface area contributed by atoms with Crippen LogP contribution in [0.25, 0.3) is 0 Å². The first kappa shape index (κ1) is 12.1. The van der Waals surface area contributed by atoms with Gasteiger partial charge in [0.15, 0.2) is 0 Å². The highest BCUT2D eigenvalue weighted by molar-refractivity contribution is 5.95. The molecule has 1 aliphatic rings. The Morgan fingerprint density at radius 3 is 2.82 bits per heavy atom. The van der Waals surface area contributed by atoms with Gasteiger partial charge in [0.2, 0.25) is 5.91 Å². The second kappa shape index (κ2) is 4.85. The smallest absolute Gasteiger partial charge is 0.241 e. The number of aliphatic hydroxyl groups is 1. The number of aryl methyl sites for hydroxylation is 2. The van der Waals surface area contributed by atoms with Crippen molar-refractivity contribution in [3.63, 3.8) is 0 Å². The van der Waals surface area contributed by atoms with Gasteiger partial charge in [-0.25, -0.2) is 0 Å². The third-order valence-electron chi connectivity index (χ3n) is 3.06. The summed E-state index contributed by atoms with van der Waals surface area (Å²) >= 11 is 0. The highest BCUT2D eigenvalue weighted by Crippen LogP contribution is 2.17. The molecule has 4 heteroatoms. The fourth-order valence-corrected chi connectivity index (χ4v) is 2.09. The van der Waals surface area contributed by atoms with Crippen LogP contribution in [-0.4, -0.2) is 29.7 Å². The third kappa shape index (κ3) is 2.84. The third-order valence-corrected chi connectivity index (χ3v) is 3.06. The summed E-state index contributed by atoms with van der Waals surface area (Å²) in [6.45, 7) is 4.48. The van der Waals surface area contributed by atoms with Gasteiger partial charge in [-0.05, 0) is 31.9 Å². The van der Waals surface area contributed by atoms with Crippen LogP contribution in [0.1, 0.15) is 17.5 Å². The van der Waals surface area contributed by atoms with E-state index in [0.29, 0.717) is 13.0 Å². The SMILES string of the molecule is Cc1ccc(NC(=O)C2CC(O)CN2)c(C)c1. The fraction of sp³-hybridized carbons (Fsp3) is 0.462. The van der Waals surface area contributed by atoms with E-state index in [9.17, 15) is 9.90 Å². The molecular formula is C13H18N2O2. The maximum absolute atomic E-state index is 11.9. The number of carbonyl (C=O) groups excluding carboxylic acids is 1. The Bertz CT molecular complexity index is 431. The molecule has 0 saturated carbocycles. The van der Waals surface area contributed by atoms with Gasteiger partial charge in [0, 0.05) is 12.2 Å². The lowest BCUT2D eigenvalue weighted by Crippen LogP contribution is -2.35. The molecule has 0 aromatic heterocycles. The monoisotopic (exact) mass is 234 g/mol. The number of β-amino-alcohol motifs (C(OH)–C–C–N with tert-alkyl or cyclic N) is 1. The number of anilines is 1.